The van der Waals surface area contributed by atoms with Crippen molar-refractivity contribution in [1.29, 1.82) is 0 Å². The van der Waals surface area contributed by atoms with Gasteiger partial charge in [-0.2, -0.15) is 8.42 Å². The summed E-state index contributed by atoms with van der Waals surface area (Å²) in [6.07, 6.45) is 0. The first-order chi connectivity index (χ1) is 30.8. The van der Waals surface area contributed by atoms with Crippen molar-refractivity contribution in [2.24, 2.45) is 0 Å². The van der Waals surface area contributed by atoms with E-state index in [9.17, 15) is 8.42 Å². The fraction of sp³-hybridized carbons (Fsp3) is 0.0714. The molecule has 0 N–H and O–H groups in total. The molecular formula is C56H44O5S2. The molecule has 10 aromatic rings. The number of fused-ring (bicyclic) bond motifs is 6. The zero-order valence-corrected chi connectivity index (χ0v) is 36.5. The normalized spacial score (nSPS) is 12.2. The first-order valence-electron chi connectivity index (χ1n) is 20.9. The summed E-state index contributed by atoms with van der Waals surface area (Å²) in [5.41, 5.74) is 3.74. The highest BCUT2D eigenvalue weighted by Gasteiger charge is 2.39. The number of rotatable bonds is 12. The summed E-state index contributed by atoms with van der Waals surface area (Å²) < 4.78 is 49.2. The van der Waals surface area contributed by atoms with E-state index in [0.29, 0.717) is 40.1 Å². The lowest BCUT2D eigenvalue weighted by Gasteiger charge is -2.39. The van der Waals surface area contributed by atoms with Crippen molar-refractivity contribution in [2.45, 2.75) is 46.6 Å². The highest BCUT2D eigenvalue weighted by Crippen LogP contribution is 2.70. The van der Waals surface area contributed by atoms with E-state index < -0.39 is 20.4 Å². The minimum Gasteiger partial charge on any atom is -0.489 e. The van der Waals surface area contributed by atoms with E-state index in [-0.39, 0.29) is 4.90 Å². The lowest BCUT2D eigenvalue weighted by Crippen LogP contribution is -2.15. The summed E-state index contributed by atoms with van der Waals surface area (Å²) in [6.45, 7) is 4.46. The van der Waals surface area contributed by atoms with Crippen LogP contribution >= 0.6 is 10.3 Å². The maximum atomic E-state index is 14.7. The van der Waals surface area contributed by atoms with Gasteiger partial charge in [0.05, 0.1) is 4.90 Å². The zero-order chi connectivity index (χ0) is 43.0. The van der Waals surface area contributed by atoms with Crippen LogP contribution < -0.4 is 9.47 Å². The Morgan fingerprint density at radius 3 is 1.29 bits per heavy atom. The molecular weight excluding hydrogens is 817 g/mol. The van der Waals surface area contributed by atoms with Crippen LogP contribution in [0.25, 0.3) is 43.1 Å². The van der Waals surface area contributed by atoms with Gasteiger partial charge in [-0.25, -0.2) is 3.63 Å². The van der Waals surface area contributed by atoms with Crippen molar-refractivity contribution >= 4 is 63.5 Å². The molecule has 0 aliphatic heterocycles. The second-order valence-electron chi connectivity index (χ2n) is 15.8. The highest BCUT2D eigenvalue weighted by atomic mass is 32.3. The SMILES string of the molecule is Cc1ccc(S(=O)(=O)OS(c2ccccc2)(c2ccc(OCc3cc4ccccc4c4ccccc34)cc2)c2ccc(OCc3cc4ccccc4c4ccccc34)cc2)c(C)c1. The molecule has 10 rings (SSSR count). The Hall–Kier alpha value is -6.90. The Bertz CT molecular complexity index is 3240. The van der Waals surface area contributed by atoms with Gasteiger partial charge in [0.15, 0.2) is 0 Å². The largest absolute Gasteiger partial charge is 0.489 e. The topological polar surface area (TPSA) is 61.8 Å². The molecule has 310 valence electrons. The molecule has 0 heterocycles. The molecule has 0 amide bonds. The van der Waals surface area contributed by atoms with Crippen LogP contribution in [0.15, 0.2) is 226 Å². The van der Waals surface area contributed by atoms with E-state index in [1.807, 2.05) is 91.9 Å². The summed E-state index contributed by atoms with van der Waals surface area (Å²) in [4.78, 5) is 2.25. The van der Waals surface area contributed by atoms with Crippen molar-refractivity contribution in [3.05, 3.63) is 229 Å². The van der Waals surface area contributed by atoms with E-state index in [2.05, 4.69) is 109 Å². The Morgan fingerprint density at radius 2 is 0.810 bits per heavy atom. The van der Waals surface area contributed by atoms with E-state index in [1.54, 1.807) is 19.1 Å². The van der Waals surface area contributed by atoms with Gasteiger partial charge in [0, 0.05) is 14.7 Å². The van der Waals surface area contributed by atoms with Crippen LogP contribution in [0.4, 0.5) is 0 Å². The van der Waals surface area contributed by atoms with Crippen LogP contribution in [0.3, 0.4) is 0 Å². The minimum atomic E-state index is -4.33. The first kappa shape index (κ1) is 40.2. The van der Waals surface area contributed by atoms with E-state index in [0.717, 1.165) is 43.1 Å². The van der Waals surface area contributed by atoms with Crippen LogP contribution in [0, 0.1) is 13.8 Å². The first-order valence-corrected chi connectivity index (χ1v) is 23.9. The molecule has 0 atom stereocenters. The molecule has 0 bridgehead atoms. The van der Waals surface area contributed by atoms with Crippen LogP contribution in [0.2, 0.25) is 0 Å². The number of benzene rings is 10. The predicted octanol–water partition coefficient (Wildman–Crippen LogP) is 14.7. The molecule has 63 heavy (non-hydrogen) atoms. The number of ether oxygens (including phenoxy) is 2. The summed E-state index contributed by atoms with van der Waals surface area (Å²) in [5.74, 6) is 1.30. The monoisotopic (exact) mass is 860 g/mol. The van der Waals surface area contributed by atoms with Gasteiger partial charge in [-0.15, -0.1) is 0 Å². The molecule has 10 aromatic carbocycles. The third kappa shape index (κ3) is 7.69. The highest BCUT2D eigenvalue weighted by molar-refractivity contribution is 8.33. The molecule has 5 nitrogen and oxygen atoms in total. The third-order valence-corrected chi connectivity index (χ3v) is 17.0. The molecule has 0 aliphatic rings. The summed E-state index contributed by atoms with van der Waals surface area (Å²) in [6, 6.07) is 68.3. The second-order valence-corrected chi connectivity index (χ2v) is 20.2. The molecule has 0 saturated carbocycles. The van der Waals surface area contributed by atoms with Gasteiger partial charge >= 0.3 is 10.1 Å². The van der Waals surface area contributed by atoms with Crippen LogP contribution in [-0.2, 0) is 27.0 Å². The van der Waals surface area contributed by atoms with E-state index in [1.165, 1.54) is 21.5 Å². The van der Waals surface area contributed by atoms with E-state index in [4.69, 9.17) is 13.1 Å². The van der Waals surface area contributed by atoms with Crippen LogP contribution in [-0.4, -0.2) is 8.42 Å². The van der Waals surface area contributed by atoms with Crippen LogP contribution in [0.1, 0.15) is 22.3 Å². The summed E-state index contributed by atoms with van der Waals surface area (Å²) in [7, 11) is -7.26. The van der Waals surface area contributed by atoms with Gasteiger partial charge in [0.25, 0.3) is 0 Å². The van der Waals surface area contributed by atoms with Crippen LogP contribution in [0.5, 0.6) is 11.5 Å². The minimum absolute atomic E-state index is 0.131. The smallest absolute Gasteiger partial charge is 0.307 e. The second kappa shape index (κ2) is 16.8. The zero-order valence-electron chi connectivity index (χ0n) is 34.9. The maximum absolute atomic E-state index is 14.7. The third-order valence-electron chi connectivity index (χ3n) is 11.7. The van der Waals surface area contributed by atoms with Gasteiger partial charge in [0.1, 0.15) is 24.7 Å². The molecule has 0 aliphatic carbocycles. The van der Waals surface area contributed by atoms with Gasteiger partial charge in [0.2, 0.25) is 0 Å². The Morgan fingerprint density at radius 1 is 0.397 bits per heavy atom. The Kier molecular flexibility index (Phi) is 10.7. The van der Waals surface area contributed by atoms with Crippen molar-refractivity contribution in [3.8, 4) is 11.5 Å². The molecule has 0 aromatic heterocycles. The van der Waals surface area contributed by atoms with Crippen molar-refractivity contribution < 1.29 is 21.5 Å². The molecule has 0 fully saturated rings. The predicted molar refractivity (Wildman–Crippen MR) is 257 cm³/mol. The maximum Gasteiger partial charge on any atom is 0.307 e. The summed E-state index contributed by atoms with van der Waals surface area (Å²) in [5, 5.41) is 9.37. The van der Waals surface area contributed by atoms with E-state index >= 15 is 0 Å². The lowest BCUT2D eigenvalue weighted by molar-refractivity contribution is 0.307. The van der Waals surface area contributed by atoms with Gasteiger partial charge in [-0.1, -0.05) is 133 Å². The van der Waals surface area contributed by atoms with Crippen molar-refractivity contribution in [3.63, 3.8) is 0 Å². The number of aryl methyl sites for hydroxylation is 2. The Balaban J connectivity index is 1.03. The molecule has 0 saturated heterocycles. The van der Waals surface area contributed by atoms with Gasteiger partial charge in [-0.3, -0.25) is 0 Å². The quantitative estimate of drug-likeness (QED) is 0.115. The number of hydrogen-bond acceptors (Lipinski definition) is 5. The summed E-state index contributed by atoms with van der Waals surface area (Å²) >= 11 is 0. The van der Waals surface area contributed by atoms with Crippen molar-refractivity contribution in [2.75, 3.05) is 0 Å². The molecule has 7 heteroatoms. The fourth-order valence-corrected chi connectivity index (χ4v) is 14.1. The molecule has 0 spiro atoms. The average Bonchev–Trinajstić information content (AvgIpc) is 3.32. The fourth-order valence-electron chi connectivity index (χ4n) is 8.67. The standard InChI is InChI=1S/C56H44O5S2/c1-39-24-33-56(40(2)34-39)63(57,58)61-62(47-16-4-3-5-17-47,48-29-25-45(26-30-48)59-37-43-35-41-14-6-8-18-50(41)54-22-12-10-20-52(43)54)49-31-27-46(28-32-49)60-38-44-36-42-15-7-9-19-51(42)55-23-13-11-21-53(44)55/h3-36H,37-38H2,1-2H3. The molecule has 0 radical (unpaired) electrons. The van der Waals surface area contributed by atoms with Gasteiger partial charge < -0.3 is 9.47 Å². The lowest BCUT2D eigenvalue weighted by atomic mass is 9.98. The van der Waals surface area contributed by atoms with Crippen molar-refractivity contribution in [1.82, 2.24) is 0 Å². The van der Waals surface area contributed by atoms with Gasteiger partial charge in [-0.05, 0) is 163 Å². The molecule has 0 unspecified atom stereocenters. The average molecular weight is 861 g/mol. The number of hydrogen-bond donors (Lipinski definition) is 0. The Labute approximate surface area is 369 Å².